The van der Waals surface area contributed by atoms with Crippen LogP contribution in [0, 0.1) is 13.8 Å². The fourth-order valence-electron chi connectivity index (χ4n) is 4.79. The summed E-state index contributed by atoms with van der Waals surface area (Å²) in [6.45, 7) is 7.27. The molecule has 2 heterocycles. The van der Waals surface area contributed by atoms with Crippen LogP contribution in [0.5, 0.6) is 11.5 Å². The van der Waals surface area contributed by atoms with E-state index in [1.165, 1.54) is 0 Å². The van der Waals surface area contributed by atoms with E-state index in [0.717, 1.165) is 11.1 Å². The molecule has 0 amide bonds. The van der Waals surface area contributed by atoms with Crippen molar-refractivity contribution >= 4 is 11.9 Å². The molecule has 9 heteroatoms. The van der Waals surface area contributed by atoms with Gasteiger partial charge < -0.3 is 33.2 Å². The van der Waals surface area contributed by atoms with Crippen LogP contribution in [0.2, 0.25) is 0 Å². The molecule has 0 saturated carbocycles. The lowest BCUT2D eigenvalue weighted by molar-refractivity contribution is -0.253. The van der Waals surface area contributed by atoms with Crippen molar-refractivity contribution in [2.24, 2.45) is 0 Å². The molecule has 2 saturated heterocycles. The summed E-state index contributed by atoms with van der Waals surface area (Å²) < 4.78 is 41.8. The molecule has 2 aliphatic rings. The van der Waals surface area contributed by atoms with Crippen LogP contribution in [-0.2, 0) is 23.7 Å². The van der Waals surface area contributed by atoms with Gasteiger partial charge in [-0.1, -0.05) is 35.4 Å². The highest BCUT2D eigenvalue weighted by Gasteiger charge is 2.58. The van der Waals surface area contributed by atoms with Gasteiger partial charge in [0.1, 0.15) is 36.4 Å². The average Bonchev–Trinajstić information content (AvgIpc) is 3.29. The Hall–Kier alpha value is -3.92. The monoisotopic (exact) mass is 562 g/mol. The Morgan fingerprint density at radius 3 is 1.88 bits per heavy atom. The number of rotatable bonds is 8. The molecule has 216 valence electrons. The van der Waals surface area contributed by atoms with Crippen molar-refractivity contribution in [3.8, 4) is 11.5 Å². The number of ether oxygens (including phenoxy) is 7. The van der Waals surface area contributed by atoms with Gasteiger partial charge in [-0.05, 0) is 76.2 Å². The molecular formula is C32H34O9. The van der Waals surface area contributed by atoms with Crippen molar-refractivity contribution in [3.63, 3.8) is 0 Å². The van der Waals surface area contributed by atoms with Gasteiger partial charge in [0.15, 0.2) is 11.9 Å². The molecule has 3 aromatic carbocycles. The molecule has 41 heavy (non-hydrogen) atoms. The number of aryl methyl sites for hydroxylation is 2. The minimum Gasteiger partial charge on any atom is -0.497 e. The van der Waals surface area contributed by atoms with Gasteiger partial charge >= 0.3 is 11.9 Å². The van der Waals surface area contributed by atoms with Gasteiger partial charge in [-0.3, -0.25) is 0 Å². The Bertz CT molecular complexity index is 1350. The van der Waals surface area contributed by atoms with Crippen LogP contribution in [0.15, 0.2) is 72.8 Å². The maximum Gasteiger partial charge on any atom is 0.338 e. The third kappa shape index (κ3) is 6.70. The first-order valence-corrected chi connectivity index (χ1v) is 13.4. The Labute approximate surface area is 239 Å². The second-order valence-corrected chi connectivity index (χ2v) is 10.6. The van der Waals surface area contributed by atoms with E-state index in [0.29, 0.717) is 22.6 Å². The van der Waals surface area contributed by atoms with Gasteiger partial charge in [-0.15, -0.1) is 0 Å². The van der Waals surface area contributed by atoms with E-state index >= 15 is 0 Å². The molecule has 2 fully saturated rings. The van der Waals surface area contributed by atoms with Crippen LogP contribution in [0.25, 0.3) is 0 Å². The zero-order valence-electron chi connectivity index (χ0n) is 23.7. The highest BCUT2D eigenvalue weighted by molar-refractivity contribution is 5.90. The molecule has 2 unspecified atom stereocenters. The molecule has 5 rings (SSSR count). The lowest BCUT2D eigenvalue weighted by Crippen LogP contribution is -2.60. The summed E-state index contributed by atoms with van der Waals surface area (Å²) in [5.74, 6) is -0.956. The first-order valence-electron chi connectivity index (χ1n) is 13.4. The lowest BCUT2D eigenvalue weighted by atomic mass is 9.99. The molecular weight excluding hydrogens is 528 g/mol. The number of esters is 2. The van der Waals surface area contributed by atoms with Crippen LogP contribution in [0.4, 0.5) is 0 Å². The van der Waals surface area contributed by atoms with Crippen LogP contribution in [0.3, 0.4) is 0 Å². The molecule has 0 N–H and O–H groups in total. The summed E-state index contributed by atoms with van der Waals surface area (Å²) in [6.07, 6.45) is -4.34. The molecule has 0 spiro atoms. The maximum atomic E-state index is 13.2. The third-order valence-electron chi connectivity index (χ3n) is 6.94. The van der Waals surface area contributed by atoms with E-state index in [1.807, 2.05) is 38.1 Å². The first-order chi connectivity index (χ1) is 19.6. The van der Waals surface area contributed by atoms with Gasteiger partial charge in [-0.2, -0.15) is 0 Å². The molecule has 0 bridgehead atoms. The van der Waals surface area contributed by atoms with E-state index in [1.54, 1.807) is 69.5 Å². The van der Waals surface area contributed by atoms with Crippen molar-refractivity contribution in [3.05, 3.63) is 95.1 Å². The second-order valence-electron chi connectivity index (χ2n) is 10.6. The number of methoxy groups -OCH3 is 1. The Balaban J connectivity index is 1.40. The van der Waals surface area contributed by atoms with Gasteiger partial charge in [0.25, 0.3) is 0 Å². The zero-order valence-corrected chi connectivity index (χ0v) is 23.7. The highest BCUT2D eigenvalue weighted by atomic mass is 16.8. The van der Waals surface area contributed by atoms with Crippen LogP contribution in [-0.4, -0.2) is 62.1 Å². The van der Waals surface area contributed by atoms with Crippen LogP contribution in [0.1, 0.15) is 45.7 Å². The summed E-state index contributed by atoms with van der Waals surface area (Å²) >= 11 is 0. The predicted octanol–water partition coefficient (Wildman–Crippen LogP) is 5.02. The quantitative estimate of drug-likeness (QED) is 0.351. The van der Waals surface area contributed by atoms with Gasteiger partial charge in [0.05, 0.1) is 18.2 Å². The van der Waals surface area contributed by atoms with E-state index < -0.39 is 48.4 Å². The number of benzene rings is 3. The number of carbonyl (C=O) groups excluding carboxylic acids is 2. The maximum absolute atomic E-state index is 13.2. The summed E-state index contributed by atoms with van der Waals surface area (Å²) in [5.41, 5.74) is 2.84. The van der Waals surface area contributed by atoms with E-state index in [4.69, 9.17) is 33.2 Å². The van der Waals surface area contributed by atoms with E-state index in [9.17, 15) is 9.59 Å². The van der Waals surface area contributed by atoms with Gasteiger partial charge in [0.2, 0.25) is 6.29 Å². The van der Waals surface area contributed by atoms with Crippen molar-refractivity contribution < 1.29 is 42.7 Å². The molecule has 0 radical (unpaired) electrons. The number of hydrogen-bond acceptors (Lipinski definition) is 9. The second kappa shape index (κ2) is 11.9. The van der Waals surface area contributed by atoms with Crippen molar-refractivity contribution in [1.29, 1.82) is 0 Å². The Morgan fingerprint density at radius 1 is 0.756 bits per heavy atom. The smallest absolute Gasteiger partial charge is 0.338 e. The number of carbonyl (C=O) groups is 2. The van der Waals surface area contributed by atoms with Crippen molar-refractivity contribution in [2.75, 3.05) is 13.7 Å². The van der Waals surface area contributed by atoms with E-state index in [2.05, 4.69) is 0 Å². The summed E-state index contributed by atoms with van der Waals surface area (Å²) in [6, 6.07) is 21.1. The van der Waals surface area contributed by atoms with Crippen LogP contribution < -0.4 is 9.47 Å². The largest absolute Gasteiger partial charge is 0.497 e. The molecule has 2 aliphatic heterocycles. The normalized spacial score (nSPS) is 24.7. The molecule has 9 nitrogen and oxygen atoms in total. The standard InChI is InChI=1S/C32H34O9/c1-19-6-10-21(11-7-19)29(33)36-18-25-26-27(41-32(3,4)40-26)28(39-30(34)22-12-8-20(2)9-13-22)31(38-25)37-24-16-14-23(35-5)15-17-24/h6-17,25-28,31H,18H2,1-5H3/t25?,26-,27+,28?,31+/m0/s1. The molecule has 0 aromatic heterocycles. The minimum atomic E-state index is -1.10. The van der Waals surface area contributed by atoms with Crippen molar-refractivity contribution in [2.45, 2.75) is 64.2 Å². The number of hydrogen-bond donors (Lipinski definition) is 0. The van der Waals surface area contributed by atoms with E-state index in [-0.39, 0.29) is 6.61 Å². The summed E-state index contributed by atoms with van der Waals surface area (Å²) in [7, 11) is 1.57. The number of fused-ring (bicyclic) bond motifs is 1. The van der Waals surface area contributed by atoms with Gasteiger partial charge in [-0.25, -0.2) is 9.59 Å². The Kier molecular flexibility index (Phi) is 8.30. The molecule has 5 atom stereocenters. The zero-order chi connectivity index (χ0) is 29.1. The Morgan fingerprint density at radius 2 is 1.29 bits per heavy atom. The minimum absolute atomic E-state index is 0.131. The van der Waals surface area contributed by atoms with Gasteiger partial charge in [0, 0.05) is 0 Å². The van der Waals surface area contributed by atoms with Crippen molar-refractivity contribution in [1.82, 2.24) is 0 Å². The third-order valence-corrected chi connectivity index (χ3v) is 6.94. The fourth-order valence-corrected chi connectivity index (χ4v) is 4.79. The molecule has 0 aliphatic carbocycles. The SMILES string of the molecule is COc1ccc(O[C@@H]2OC(COC(=O)c3ccc(C)cc3)[C@@H]3OC(C)(C)O[C@H]3C2OC(=O)c2ccc(C)cc2)cc1. The highest BCUT2D eigenvalue weighted by Crippen LogP contribution is 2.40. The lowest BCUT2D eigenvalue weighted by Gasteiger charge is -2.41. The fraction of sp³-hybridized carbons (Fsp3) is 0.375. The summed E-state index contributed by atoms with van der Waals surface area (Å²) in [5, 5.41) is 0. The van der Waals surface area contributed by atoms with Crippen LogP contribution >= 0.6 is 0 Å². The molecule has 3 aromatic rings. The average molecular weight is 563 g/mol. The first kappa shape index (κ1) is 28.6. The predicted molar refractivity (Wildman–Crippen MR) is 148 cm³/mol. The topological polar surface area (TPSA) is 98.8 Å². The summed E-state index contributed by atoms with van der Waals surface area (Å²) in [4.78, 5) is 26.0.